The topological polar surface area (TPSA) is 71.6 Å². The van der Waals surface area contributed by atoms with Crippen molar-refractivity contribution in [3.8, 4) is 5.75 Å². The highest BCUT2D eigenvalue weighted by atomic mass is 16.5. The molecule has 0 aliphatic carbocycles. The van der Waals surface area contributed by atoms with Crippen molar-refractivity contribution in [2.75, 3.05) is 19.7 Å². The van der Waals surface area contributed by atoms with E-state index in [1.165, 1.54) is 0 Å². The molecule has 3 heterocycles. The van der Waals surface area contributed by atoms with E-state index >= 15 is 0 Å². The highest BCUT2D eigenvalue weighted by Gasteiger charge is 2.32. The number of likely N-dealkylation sites (tertiary alicyclic amines) is 1. The van der Waals surface area contributed by atoms with Crippen LogP contribution in [0.1, 0.15) is 24.1 Å². The van der Waals surface area contributed by atoms with Crippen molar-refractivity contribution in [1.82, 2.24) is 15.0 Å². The Kier molecular flexibility index (Phi) is 5.09. The van der Waals surface area contributed by atoms with Gasteiger partial charge in [0.15, 0.2) is 0 Å². The second-order valence-corrected chi connectivity index (χ2v) is 7.25. The molecule has 2 unspecified atom stereocenters. The van der Waals surface area contributed by atoms with Gasteiger partial charge in [-0.2, -0.15) is 0 Å². The Morgan fingerprint density at radius 2 is 2.11 bits per heavy atom. The number of hydrogen-bond donors (Lipinski definition) is 1. The molecule has 0 saturated carbocycles. The molecule has 0 bridgehead atoms. The van der Waals surface area contributed by atoms with Gasteiger partial charge in [-0.05, 0) is 38.1 Å². The Hall–Kier alpha value is -2.44. The summed E-state index contributed by atoms with van der Waals surface area (Å²) < 4.78 is 10.9. The van der Waals surface area contributed by atoms with Gasteiger partial charge in [0.2, 0.25) is 0 Å². The molecular weight excluding hydrogens is 342 g/mol. The molecule has 1 aromatic carbocycles. The zero-order valence-electron chi connectivity index (χ0n) is 15.8. The van der Waals surface area contributed by atoms with Crippen LogP contribution in [0, 0.1) is 12.8 Å². The molecule has 1 aliphatic rings. The number of fused-ring (bicyclic) bond motifs is 1. The number of β-amino-alcohol motifs (C(OH)–C–C–N with tert-alkyl or cyclic N) is 1. The molecule has 2 aromatic heterocycles. The second kappa shape index (κ2) is 7.66. The summed E-state index contributed by atoms with van der Waals surface area (Å²) in [4.78, 5) is 7.02. The number of nitrogens with zero attached hydrogens (tertiary/aromatic N) is 3. The predicted molar refractivity (Wildman–Crippen MR) is 103 cm³/mol. The Morgan fingerprint density at radius 1 is 1.22 bits per heavy atom. The van der Waals surface area contributed by atoms with Crippen molar-refractivity contribution in [3.05, 3.63) is 53.5 Å². The SMILES string of the molecule is CCOc1ccc2nc(CN3CC(O)C(Cc4cc(C)no4)C3)ccc2c1. The number of ether oxygens (including phenoxy) is 1. The molecular formula is C21H25N3O3. The van der Waals surface area contributed by atoms with Crippen LogP contribution >= 0.6 is 0 Å². The molecule has 1 saturated heterocycles. The molecule has 6 heteroatoms. The van der Waals surface area contributed by atoms with Gasteiger partial charge in [0, 0.05) is 43.4 Å². The average molecular weight is 367 g/mol. The van der Waals surface area contributed by atoms with E-state index in [0.717, 1.165) is 46.9 Å². The summed E-state index contributed by atoms with van der Waals surface area (Å²) >= 11 is 0. The van der Waals surface area contributed by atoms with Crippen molar-refractivity contribution < 1.29 is 14.4 Å². The minimum atomic E-state index is -0.357. The van der Waals surface area contributed by atoms with Gasteiger partial charge in [-0.25, -0.2) is 0 Å². The first-order chi connectivity index (χ1) is 13.1. The fourth-order valence-electron chi connectivity index (χ4n) is 3.76. The Morgan fingerprint density at radius 3 is 2.89 bits per heavy atom. The molecule has 142 valence electrons. The van der Waals surface area contributed by atoms with E-state index in [1.54, 1.807) is 0 Å². The lowest BCUT2D eigenvalue weighted by molar-refractivity contribution is 0.137. The Labute approximate surface area is 158 Å². The molecule has 1 N–H and O–H groups in total. The molecule has 6 nitrogen and oxygen atoms in total. The zero-order chi connectivity index (χ0) is 18.8. The van der Waals surface area contributed by atoms with Crippen molar-refractivity contribution in [3.63, 3.8) is 0 Å². The predicted octanol–water partition coefficient (Wildman–Crippen LogP) is 2.97. The van der Waals surface area contributed by atoms with Crippen LogP contribution in [-0.2, 0) is 13.0 Å². The third-order valence-corrected chi connectivity index (χ3v) is 5.04. The molecule has 27 heavy (non-hydrogen) atoms. The Balaban J connectivity index is 1.42. The van der Waals surface area contributed by atoms with Crippen LogP contribution in [0.25, 0.3) is 10.9 Å². The fourth-order valence-corrected chi connectivity index (χ4v) is 3.76. The van der Waals surface area contributed by atoms with Gasteiger partial charge in [0.1, 0.15) is 11.5 Å². The van der Waals surface area contributed by atoms with E-state index in [9.17, 15) is 5.11 Å². The summed E-state index contributed by atoms with van der Waals surface area (Å²) in [6.07, 6.45) is 0.355. The summed E-state index contributed by atoms with van der Waals surface area (Å²) in [6.45, 7) is 6.75. The van der Waals surface area contributed by atoms with Gasteiger partial charge in [0.25, 0.3) is 0 Å². The van der Waals surface area contributed by atoms with E-state index < -0.39 is 0 Å². The molecule has 1 aliphatic heterocycles. The van der Waals surface area contributed by atoms with Crippen molar-refractivity contribution in [2.24, 2.45) is 5.92 Å². The summed E-state index contributed by atoms with van der Waals surface area (Å²) in [5.74, 6) is 1.87. The van der Waals surface area contributed by atoms with Crippen LogP contribution in [0.15, 0.2) is 40.9 Å². The van der Waals surface area contributed by atoms with Gasteiger partial charge < -0.3 is 14.4 Å². The van der Waals surface area contributed by atoms with Gasteiger partial charge in [-0.1, -0.05) is 11.2 Å². The molecule has 2 atom stereocenters. The highest BCUT2D eigenvalue weighted by Crippen LogP contribution is 2.24. The number of aromatic nitrogens is 2. The molecule has 0 amide bonds. The van der Waals surface area contributed by atoms with Gasteiger partial charge in [-0.3, -0.25) is 9.88 Å². The molecule has 0 radical (unpaired) electrons. The molecule has 4 rings (SSSR count). The number of aliphatic hydroxyl groups is 1. The minimum Gasteiger partial charge on any atom is -0.494 e. The number of pyridine rings is 1. The van der Waals surface area contributed by atoms with E-state index in [2.05, 4.69) is 22.2 Å². The minimum absolute atomic E-state index is 0.159. The lowest BCUT2D eigenvalue weighted by atomic mass is 10.0. The van der Waals surface area contributed by atoms with E-state index in [-0.39, 0.29) is 12.0 Å². The highest BCUT2D eigenvalue weighted by molar-refractivity contribution is 5.80. The van der Waals surface area contributed by atoms with Crippen LogP contribution in [-0.4, -0.2) is 45.9 Å². The van der Waals surface area contributed by atoms with Crippen LogP contribution in [0.2, 0.25) is 0 Å². The largest absolute Gasteiger partial charge is 0.494 e. The van der Waals surface area contributed by atoms with Crippen molar-refractivity contribution in [1.29, 1.82) is 0 Å². The van der Waals surface area contributed by atoms with Crippen LogP contribution in [0.5, 0.6) is 5.75 Å². The summed E-state index contributed by atoms with van der Waals surface area (Å²) in [6, 6.07) is 12.1. The third-order valence-electron chi connectivity index (χ3n) is 5.04. The lowest BCUT2D eigenvalue weighted by Gasteiger charge is -2.15. The van der Waals surface area contributed by atoms with Gasteiger partial charge in [-0.15, -0.1) is 0 Å². The first-order valence-electron chi connectivity index (χ1n) is 9.46. The number of rotatable bonds is 6. The van der Waals surface area contributed by atoms with E-state index in [1.807, 2.05) is 38.1 Å². The molecule has 1 fully saturated rings. The molecule has 0 spiro atoms. The molecule has 3 aromatic rings. The van der Waals surface area contributed by atoms with Crippen LogP contribution in [0.3, 0.4) is 0 Å². The number of benzene rings is 1. The maximum absolute atomic E-state index is 10.4. The summed E-state index contributed by atoms with van der Waals surface area (Å²) in [7, 11) is 0. The Bertz CT molecular complexity index is 924. The summed E-state index contributed by atoms with van der Waals surface area (Å²) in [5.41, 5.74) is 2.85. The quantitative estimate of drug-likeness (QED) is 0.722. The second-order valence-electron chi connectivity index (χ2n) is 7.25. The smallest absolute Gasteiger partial charge is 0.137 e. The van der Waals surface area contributed by atoms with E-state index in [4.69, 9.17) is 14.2 Å². The maximum atomic E-state index is 10.4. The normalized spacial score (nSPS) is 20.4. The standard InChI is InChI=1S/C21H25N3O3/c1-3-26-18-6-7-20-15(9-18)4-5-17(22-20)12-24-11-16(21(25)13-24)10-19-8-14(2)23-27-19/h4-9,16,21,25H,3,10-13H2,1-2H3. The number of aryl methyl sites for hydroxylation is 1. The fraction of sp³-hybridized carbons (Fsp3) is 0.429. The van der Waals surface area contributed by atoms with Crippen LogP contribution in [0.4, 0.5) is 0 Å². The zero-order valence-corrected chi connectivity index (χ0v) is 15.8. The maximum Gasteiger partial charge on any atom is 0.137 e. The average Bonchev–Trinajstić information content (AvgIpc) is 3.21. The van der Waals surface area contributed by atoms with Gasteiger partial charge >= 0.3 is 0 Å². The lowest BCUT2D eigenvalue weighted by Crippen LogP contribution is -2.22. The third kappa shape index (κ3) is 4.12. The summed E-state index contributed by atoms with van der Waals surface area (Å²) in [5, 5.41) is 15.4. The number of hydrogen-bond acceptors (Lipinski definition) is 6. The first-order valence-corrected chi connectivity index (χ1v) is 9.46. The van der Waals surface area contributed by atoms with Gasteiger partial charge in [0.05, 0.1) is 29.6 Å². The van der Waals surface area contributed by atoms with E-state index in [0.29, 0.717) is 19.6 Å². The monoisotopic (exact) mass is 367 g/mol. The number of aliphatic hydroxyl groups excluding tert-OH is 1. The van der Waals surface area contributed by atoms with Crippen LogP contribution < -0.4 is 4.74 Å². The van der Waals surface area contributed by atoms with Crippen molar-refractivity contribution in [2.45, 2.75) is 32.9 Å². The first kappa shape index (κ1) is 17.9. The van der Waals surface area contributed by atoms with Crippen molar-refractivity contribution >= 4 is 10.9 Å².